The number of nitro groups is 2. The third-order valence-electron chi connectivity index (χ3n) is 10.3. The summed E-state index contributed by atoms with van der Waals surface area (Å²) < 4.78 is 5.70. The lowest BCUT2D eigenvalue weighted by Gasteiger charge is -2.38. The van der Waals surface area contributed by atoms with Crippen LogP contribution in [0.5, 0.6) is 0 Å². The molecule has 0 aromatic heterocycles. The standard InChI is InChI=1S/C35H46N2O6/c1-22(2)23(3)9-10-25(5)29-19-33-26(8-7-15-35(33,6)21-29)12-13-27-18-32(14-11-24(27)4)43-34(38)28-16-30(36(39)40)20-31(17-28)37(41)42/h9-10,12-13,16-17,20,22-23,25,29,32-33H,4,7-8,11,14-15,18-19,21H2,1-3,5-6H3/b10-9+,26-12-,27-13-/t23-,25-,29-,32-,33-,35-/m1/s1. The van der Waals surface area contributed by atoms with E-state index in [9.17, 15) is 25.0 Å². The first-order valence-corrected chi connectivity index (χ1v) is 15.7. The molecule has 3 aliphatic rings. The molecule has 6 atom stereocenters. The number of fused-ring (bicyclic) bond motifs is 1. The molecule has 0 heterocycles. The van der Waals surface area contributed by atoms with Crippen molar-refractivity contribution in [2.45, 2.75) is 92.1 Å². The fourth-order valence-corrected chi connectivity index (χ4v) is 7.11. The molecule has 0 unspecified atom stereocenters. The van der Waals surface area contributed by atoms with E-state index in [1.54, 1.807) is 0 Å². The zero-order chi connectivity index (χ0) is 31.5. The van der Waals surface area contributed by atoms with Crippen LogP contribution >= 0.6 is 0 Å². The number of nitro benzene ring substituents is 2. The molecule has 0 spiro atoms. The van der Waals surface area contributed by atoms with Crippen LogP contribution < -0.4 is 0 Å². The van der Waals surface area contributed by atoms with Crippen LogP contribution in [0.2, 0.25) is 0 Å². The van der Waals surface area contributed by atoms with Crippen LogP contribution in [0.15, 0.2) is 65.8 Å². The van der Waals surface area contributed by atoms with Crippen molar-refractivity contribution in [1.82, 2.24) is 0 Å². The normalized spacial score (nSPS) is 29.2. The Hall–Kier alpha value is -3.55. The molecule has 3 fully saturated rings. The van der Waals surface area contributed by atoms with Crippen molar-refractivity contribution in [1.29, 1.82) is 0 Å². The molecule has 3 saturated carbocycles. The lowest BCUT2D eigenvalue weighted by molar-refractivity contribution is -0.394. The Morgan fingerprint density at radius 1 is 1.05 bits per heavy atom. The molecular weight excluding hydrogens is 544 g/mol. The van der Waals surface area contributed by atoms with Gasteiger partial charge in [-0.1, -0.05) is 76.6 Å². The Kier molecular flexibility index (Phi) is 10.1. The minimum atomic E-state index is -0.798. The molecule has 0 N–H and O–H groups in total. The predicted molar refractivity (Wildman–Crippen MR) is 169 cm³/mol. The second kappa shape index (κ2) is 13.4. The highest BCUT2D eigenvalue weighted by atomic mass is 16.6. The van der Waals surface area contributed by atoms with Gasteiger partial charge in [-0.25, -0.2) is 4.79 Å². The van der Waals surface area contributed by atoms with Crippen LogP contribution in [0, 0.1) is 55.2 Å². The van der Waals surface area contributed by atoms with Crippen molar-refractivity contribution in [3.05, 3.63) is 91.6 Å². The number of esters is 1. The predicted octanol–water partition coefficient (Wildman–Crippen LogP) is 9.32. The highest BCUT2D eigenvalue weighted by Gasteiger charge is 2.47. The van der Waals surface area contributed by atoms with Gasteiger partial charge in [0.05, 0.1) is 21.5 Å². The Morgan fingerprint density at radius 2 is 1.72 bits per heavy atom. The summed E-state index contributed by atoms with van der Waals surface area (Å²) in [7, 11) is 0. The maximum absolute atomic E-state index is 12.9. The fraction of sp³-hybridized carbons (Fsp3) is 0.571. The SMILES string of the molecule is C=C1CC[C@@H](OC(=O)c2cc([N+](=O)[O-])cc([N+](=O)[O-])c2)C/C1=C/C=C1/CCC[C@]2(C)C[C@H]([C@H](C)/C=C/[C@@H](C)C(C)C)C[C@H]12. The second-order valence-electron chi connectivity index (χ2n) is 13.7. The van der Waals surface area contributed by atoms with E-state index in [-0.39, 0.29) is 5.56 Å². The van der Waals surface area contributed by atoms with Crippen molar-refractivity contribution >= 4 is 17.3 Å². The van der Waals surface area contributed by atoms with Crippen molar-refractivity contribution < 1.29 is 19.4 Å². The first kappa shape index (κ1) is 32.4. The molecule has 0 radical (unpaired) electrons. The van der Waals surface area contributed by atoms with E-state index in [0.29, 0.717) is 54.3 Å². The molecular formula is C35H46N2O6. The second-order valence-corrected chi connectivity index (χ2v) is 13.7. The monoisotopic (exact) mass is 590 g/mol. The number of nitrogens with zero attached hydrogens (tertiary/aromatic N) is 2. The molecule has 3 aliphatic carbocycles. The average Bonchev–Trinajstić information content (AvgIpc) is 3.33. The summed E-state index contributed by atoms with van der Waals surface area (Å²) in [4.78, 5) is 33.9. The quantitative estimate of drug-likeness (QED) is 0.123. The number of benzene rings is 1. The van der Waals surface area contributed by atoms with E-state index in [2.05, 4.69) is 65.5 Å². The Morgan fingerprint density at radius 3 is 2.35 bits per heavy atom. The molecule has 1 aromatic rings. The summed E-state index contributed by atoms with van der Waals surface area (Å²) in [5.74, 6) is 2.24. The third-order valence-corrected chi connectivity index (χ3v) is 10.3. The number of hydrogen-bond donors (Lipinski definition) is 0. The van der Waals surface area contributed by atoms with Crippen molar-refractivity contribution in [3.63, 3.8) is 0 Å². The highest BCUT2D eigenvalue weighted by Crippen LogP contribution is 2.58. The van der Waals surface area contributed by atoms with Crippen LogP contribution in [0.4, 0.5) is 11.4 Å². The largest absolute Gasteiger partial charge is 0.458 e. The summed E-state index contributed by atoms with van der Waals surface area (Å²) in [6.07, 6.45) is 16.6. The molecule has 43 heavy (non-hydrogen) atoms. The summed E-state index contributed by atoms with van der Waals surface area (Å²) in [6.45, 7) is 15.9. The third kappa shape index (κ3) is 7.70. The van der Waals surface area contributed by atoms with Crippen molar-refractivity contribution in [2.24, 2.45) is 35.0 Å². The molecule has 0 aliphatic heterocycles. The molecule has 1 aromatic carbocycles. The number of non-ortho nitro benzene ring substituents is 2. The van der Waals surface area contributed by atoms with Gasteiger partial charge in [-0.2, -0.15) is 0 Å². The molecule has 232 valence electrons. The lowest BCUT2D eigenvalue weighted by Crippen LogP contribution is -2.27. The van der Waals surface area contributed by atoms with E-state index in [1.165, 1.54) is 31.3 Å². The number of ether oxygens (including phenoxy) is 1. The lowest BCUT2D eigenvalue weighted by atomic mass is 9.67. The van der Waals surface area contributed by atoms with Crippen LogP contribution in [-0.4, -0.2) is 21.9 Å². The van der Waals surface area contributed by atoms with Crippen LogP contribution in [-0.2, 0) is 4.74 Å². The molecule has 0 saturated heterocycles. The van der Waals surface area contributed by atoms with E-state index in [4.69, 9.17) is 4.74 Å². The van der Waals surface area contributed by atoms with E-state index < -0.39 is 33.3 Å². The van der Waals surface area contributed by atoms with Gasteiger partial charge in [-0.05, 0) is 85.5 Å². The number of carbonyl (C=O) groups excluding carboxylic acids is 1. The van der Waals surface area contributed by atoms with E-state index in [1.807, 2.05) is 0 Å². The van der Waals surface area contributed by atoms with Gasteiger partial charge in [0, 0.05) is 18.6 Å². The molecule has 8 heteroatoms. The Balaban J connectivity index is 1.46. The summed E-state index contributed by atoms with van der Waals surface area (Å²) in [5.41, 5.74) is 2.66. The van der Waals surface area contributed by atoms with Crippen LogP contribution in [0.25, 0.3) is 0 Å². The smallest absolute Gasteiger partial charge is 0.338 e. The van der Waals surface area contributed by atoms with Crippen LogP contribution in [0.1, 0.15) is 96.3 Å². The van der Waals surface area contributed by atoms with Gasteiger partial charge in [0.25, 0.3) is 11.4 Å². The molecule has 0 bridgehead atoms. The number of rotatable bonds is 9. The maximum Gasteiger partial charge on any atom is 0.338 e. The topological polar surface area (TPSA) is 113 Å². The molecule has 4 rings (SSSR count). The first-order chi connectivity index (χ1) is 20.3. The van der Waals surface area contributed by atoms with E-state index >= 15 is 0 Å². The Bertz CT molecular complexity index is 1330. The summed E-state index contributed by atoms with van der Waals surface area (Å²) >= 11 is 0. The fourth-order valence-electron chi connectivity index (χ4n) is 7.11. The van der Waals surface area contributed by atoms with E-state index in [0.717, 1.165) is 35.8 Å². The van der Waals surface area contributed by atoms with Gasteiger partial charge in [0.1, 0.15) is 6.10 Å². The zero-order valence-corrected chi connectivity index (χ0v) is 26.2. The molecule has 8 nitrogen and oxygen atoms in total. The maximum atomic E-state index is 12.9. The van der Waals surface area contributed by atoms with Gasteiger partial charge in [-0.15, -0.1) is 0 Å². The first-order valence-electron chi connectivity index (χ1n) is 15.7. The number of allylic oxidation sites excluding steroid dienone is 6. The zero-order valence-electron chi connectivity index (χ0n) is 26.2. The number of hydrogen-bond acceptors (Lipinski definition) is 6. The van der Waals surface area contributed by atoms with Gasteiger partial charge < -0.3 is 4.74 Å². The van der Waals surface area contributed by atoms with Crippen molar-refractivity contribution in [3.8, 4) is 0 Å². The minimum absolute atomic E-state index is 0.196. The highest BCUT2D eigenvalue weighted by molar-refractivity contribution is 5.91. The Labute approximate surface area is 255 Å². The summed E-state index contributed by atoms with van der Waals surface area (Å²) in [5, 5.41) is 22.5. The van der Waals surface area contributed by atoms with Crippen LogP contribution in [0.3, 0.4) is 0 Å². The van der Waals surface area contributed by atoms with Gasteiger partial charge in [0.15, 0.2) is 0 Å². The van der Waals surface area contributed by atoms with Gasteiger partial charge in [0.2, 0.25) is 0 Å². The van der Waals surface area contributed by atoms with Gasteiger partial charge in [-0.3, -0.25) is 20.2 Å². The summed E-state index contributed by atoms with van der Waals surface area (Å²) in [6, 6.07) is 2.88. The molecule has 0 amide bonds. The number of carbonyl (C=O) groups is 1. The van der Waals surface area contributed by atoms with Crippen molar-refractivity contribution in [2.75, 3.05) is 0 Å². The minimum Gasteiger partial charge on any atom is -0.458 e. The van der Waals surface area contributed by atoms with Gasteiger partial charge >= 0.3 is 5.97 Å². The average molecular weight is 591 g/mol.